The second-order valence-electron chi connectivity index (χ2n) is 8.12. The van der Waals surface area contributed by atoms with Crippen LogP contribution < -0.4 is 5.32 Å². The molecule has 1 aromatic carbocycles. The van der Waals surface area contributed by atoms with Crippen molar-refractivity contribution >= 4 is 45.4 Å². The molecule has 4 rings (SSSR count). The first kappa shape index (κ1) is 21.8. The van der Waals surface area contributed by atoms with E-state index in [2.05, 4.69) is 21.2 Å². The molecular formula is C22H25BrN2O6. The Labute approximate surface area is 188 Å². The predicted molar refractivity (Wildman–Crippen MR) is 114 cm³/mol. The Balaban J connectivity index is 1.72. The molecule has 8 nitrogen and oxygen atoms in total. The minimum atomic E-state index is -0.922. The molecule has 4 atom stereocenters. The fraction of sp³-hybridized carbons (Fsp3) is 0.545. The van der Waals surface area contributed by atoms with Crippen molar-refractivity contribution in [3.8, 4) is 0 Å². The summed E-state index contributed by atoms with van der Waals surface area (Å²) in [6, 6.07) is 5.12. The van der Waals surface area contributed by atoms with E-state index in [1.54, 1.807) is 18.7 Å². The summed E-state index contributed by atoms with van der Waals surface area (Å²) in [7, 11) is 0. The van der Waals surface area contributed by atoms with E-state index in [9.17, 15) is 19.2 Å². The summed E-state index contributed by atoms with van der Waals surface area (Å²) in [5.74, 6) is -3.15. The molecule has 0 saturated carbocycles. The molecule has 0 radical (unpaired) electrons. The number of ether oxygens (including phenoxy) is 2. The molecular weight excluding hydrogens is 468 g/mol. The van der Waals surface area contributed by atoms with Gasteiger partial charge in [0.1, 0.15) is 0 Å². The Kier molecular flexibility index (Phi) is 5.81. The summed E-state index contributed by atoms with van der Waals surface area (Å²) in [4.78, 5) is 53.3. The molecule has 9 heteroatoms. The molecule has 0 unspecified atom stereocenters. The van der Waals surface area contributed by atoms with Crippen molar-refractivity contribution in [2.24, 2.45) is 11.8 Å². The number of piperidine rings is 1. The van der Waals surface area contributed by atoms with Crippen molar-refractivity contribution in [3.05, 3.63) is 28.2 Å². The number of fused-ring (bicyclic) bond motifs is 4. The number of amides is 2. The number of carbonyl (C=O) groups is 4. The van der Waals surface area contributed by atoms with Crippen molar-refractivity contribution < 1.29 is 28.7 Å². The van der Waals surface area contributed by atoms with Crippen molar-refractivity contribution in [1.82, 2.24) is 4.90 Å². The lowest BCUT2D eigenvalue weighted by Gasteiger charge is -2.43. The van der Waals surface area contributed by atoms with E-state index in [0.717, 1.165) is 15.7 Å². The van der Waals surface area contributed by atoms with Gasteiger partial charge in [-0.1, -0.05) is 15.9 Å². The summed E-state index contributed by atoms with van der Waals surface area (Å²) in [6.45, 7) is 4.15. The maximum Gasteiger partial charge on any atom is 0.309 e. The summed E-state index contributed by atoms with van der Waals surface area (Å²) < 4.78 is 11.1. The maximum atomic E-state index is 13.5. The molecule has 31 heavy (non-hydrogen) atoms. The Morgan fingerprint density at radius 3 is 2.68 bits per heavy atom. The molecule has 0 aromatic heterocycles. The Hall–Kier alpha value is -2.42. The third kappa shape index (κ3) is 3.43. The molecule has 1 aromatic rings. The molecule has 3 heterocycles. The van der Waals surface area contributed by atoms with Crippen LogP contribution >= 0.6 is 15.9 Å². The van der Waals surface area contributed by atoms with Crippen LogP contribution in [0.15, 0.2) is 22.7 Å². The fourth-order valence-corrected chi connectivity index (χ4v) is 5.70. The van der Waals surface area contributed by atoms with Crippen LogP contribution in [0.25, 0.3) is 0 Å². The Bertz CT molecular complexity index is 950. The summed E-state index contributed by atoms with van der Waals surface area (Å²) in [5.41, 5.74) is 0.636. The monoisotopic (exact) mass is 492 g/mol. The average molecular weight is 493 g/mol. The number of benzene rings is 1. The highest BCUT2D eigenvalue weighted by atomic mass is 79.9. The van der Waals surface area contributed by atoms with E-state index in [1.165, 1.54) is 0 Å². The van der Waals surface area contributed by atoms with Crippen molar-refractivity contribution in [2.75, 3.05) is 25.1 Å². The van der Waals surface area contributed by atoms with Gasteiger partial charge in [-0.2, -0.15) is 0 Å². The van der Waals surface area contributed by atoms with E-state index < -0.39 is 35.2 Å². The van der Waals surface area contributed by atoms with Gasteiger partial charge >= 0.3 is 11.9 Å². The second kappa shape index (κ2) is 8.26. The Morgan fingerprint density at radius 1 is 1.23 bits per heavy atom. The number of esters is 2. The second-order valence-corrected chi connectivity index (χ2v) is 9.04. The van der Waals surface area contributed by atoms with Crippen LogP contribution in [-0.4, -0.2) is 54.5 Å². The van der Waals surface area contributed by atoms with Gasteiger partial charge < -0.3 is 19.7 Å². The largest absolute Gasteiger partial charge is 0.466 e. The van der Waals surface area contributed by atoms with Crippen molar-refractivity contribution in [2.45, 2.75) is 44.6 Å². The number of anilines is 1. The van der Waals surface area contributed by atoms with E-state index in [4.69, 9.17) is 9.47 Å². The number of hydrogen-bond acceptors (Lipinski definition) is 6. The number of halogens is 1. The lowest BCUT2D eigenvalue weighted by molar-refractivity contribution is -0.165. The van der Waals surface area contributed by atoms with E-state index >= 15 is 0 Å². The van der Waals surface area contributed by atoms with Gasteiger partial charge in [0.15, 0.2) is 0 Å². The predicted octanol–water partition coefficient (Wildman–Crippen LogP) is 2.39. The van der Waals surface area contributed by atoms with Gasteiger partial charge in [-0.05, 0) is 50.5 Å². The number of nitrogens with zero attached hydrogens (tertiary/aromatic N) is 1. The zero-order valence-electron chi connectivity index (χ0n) is 17.5. The third-order valence-electron chi connectivity index (χ3n) is 6.65. The molecule has 2 amide bonds. The van der Waals surface area contributed by atoms with Gasteiger partial charge in [-0.3, -0.25) is 19.2 Å². The van der Waals surface area contributed by atoms with Crippen LogP contribution in [0.3, 0.4) is 0 Å². The molecule has 1 N–H and O–H groups in total. The standard InChI is InChI=1S/C22H25BrN2O6/c1-3-30-18(26)11-13-14(20(28)31-4-2)10-17-22(7-8-25(17)19(13)27)15-9-12(23)5-6-16(15)24-21(22)29/h5-6,9,13-14,17H,3-4,7-8,10-11H2,1-2H3,(H,24,29)/t13-,14-,17-,22-/m0/s1. The zero-order valence-corrected chi connectivity index (χ0v) is 19.1. The molecule has 3 aliphatic rings. The minimum absolute atomic E-state index is 0.160. The maximum absolute atomic E-state index is 13.5. The summed E-state index contributed by atoms with van der Waals surface area (Å²) in [6.07, 6.45) is 0.537. The molecule has 2 saturated heterocycles. The van der Waals surface area contributed by atoms with Gasteiger partial charge in [0.2, 0.25) is 11.8 Å². The highest BCUT2D eigenvalue weighted by Gasteiger charge is 2.63. The average Bonchev–Trinajstić information content (AvgIpc) is 3.24. The van der Waals surface area contributed by atoms with E-state index in [-0.39, 0.29) is 37.9 Å². The molecule has 3 aliphatic heterocycles. The van der Waals surface area contributed by atoms with Crippen LogP contribution in [0.1, 0.15) is 38.7 Å². The first-order chi connectivity index (χ1) is 14.8. The number of carbonyl (C=O) groups excluding carboxylic acids is 4. The van der Waals surface area contributed by atoms with Gasteiger partial charge in [0, 0.05) is 16.7 Å². The van der Waals surface area contributed by atoms with Gasteiger partial charge in [0.05, 0.1) is 42.9 Å². The van der Waals surface area contributed by atoms with Gasteiger partial charge in [-0.15, -0.1) is 0 Å². The van der Waals surface area contributed by atoms with Gasteiger partial charge in [0.25, 0.3) is 0 Å². The summed E-state index contributed by atoms with van der Waals surface area (Å²) >= 11 is 3.48. The lowest BCUT2D eigenvalue weighted by Crippen LogP contribution is -2.57. The SMILES string of the molecule is CCOC(=O)C[C@@H]1C(=O)N2CC[C@@]3(C(=O)Nc4ccc(Br)cc43)[C@@H]2C[C@@H]1C(=O)OCC. The molecule has 1 spiro atoms. The van der Waals surface area contributed by atoms with Crippen LogP contribution in [-0.2, 0) is 34.1 Å². The third-order valence-corrected chi connectivity index (χ3v) is 7.15. The topological polar surface area (TPSA) is 102 Å². The quantitative estimate of drug-likeness (QED) is 0.633. The lowest BCUT2D eigenvalue weighted by atomic mass is 9.68. The number of rotatable bonds is 5. The van der Waals surface area contributed by atoms with E-state index in [1.807, 2.05) is 18.2 Å². The smallest absolute Gasteiger partial charge is 0.309 e. The molecule has 166 valence electrons. The van der Waals surface area contributed by atoms with E-state index in [0.29, 0.717) is 13.0 Å². The Morgan fingerprint density at radius 2 is 1.97 bits per heavy atom. The van der Waals surface area contributed by atoms with Crippen LogP contribution in [0.2, 0.25) is 0 Å². The van der Waals surface area contributed by atoms with Crippen molar-refractivity contribution in [1.29, 1.82) is 0 Å². The minimum Gasteiger partial charge on any atom is -0.466 e. The van der Waals surface area contributed by atoms with Crippen LogP contribution in [0, 0.1) is 11.8 Å². The molecule has 0 aliphatic carbocycles. The van der Waals surface area contributed by atoms with Crippen molar-refractivity contribution in [3.63, 3.8) is 0 Å². The van der Waals surface area contributed by atoms with Crippen LogP contribution in [0.5, 0.6) is 0 Å². The molecule has 0 bridgehead atoms. The highest BCUT2D eigenvalue weighted by Crippen LogP contribution is 2.53. The number of nitrogens with one attached hydrogen (secondary N) is 1. The molecule has 2 fully saturated rings. The zero-order chi connectivity index (χ0) is 22.3. The first-order valence-corrected chi connectivity index (χ1v) is 11.4. The normalized spacial score (nSPS) is 28.9. The first-order valence-electron chi connectivity index (χ1n) is 10.6. The van der Waals surface area contributed by atoms with Crippen LogP contribution in [0.4, 0.5) is 5.69 Å². The number of hydrogen-bond donors (Lipinski definition) is 1. The summed E-state index contributed by atoms with van der Waals surface area (Å²) in [5, 5.41) is 2.95. The highest BCUT2D eigenvalue weighted by molar-refractivity contribution is 9.10. The fourth-order valence-electron chi connectivity index (χ4n) is 5.34. The van der Waals surface area contributed by atoms with Gasteiger partial charge in [-0.25, -0.2) is 0 Å².